The predicted molar refractivity (Wildman–Crippen MR) is 70.7 cm³/mol. The van der Waals surface area contributed by atoms with Crippen LogP contribution >= 0.6 is 0 Å². The Morgan fingerprint density at radius 3 is 2.78 bits per heavy atom. The molecule has 0 radical (unpaired) electrons. The highest BCUT2D eigenvalue weighted by Crippen LogP contribution is 2.36. The number of nitrogens with zero attached hydrogens (tertiary/aromatic N) is 2. The van der Waals surface area contributed by atoms with Gasteiger partial charge < -0.3 is 15.4 Å². The zero-order valence-electron chi connectivity index (χ0n) is 11.1. The van der Waals surface area contributed by atoms with Gasteiger partial charge in [-0.15, -0.1) is 0 Å². The second kappa shape index (κ2) is 4.55. The molecular weight excluding hydrogens is 228 g/mol. The highest BCUT2D eigenvalue weighted by Gasteiger charge is 2.30. The van der Waals surface area contributed by atoms with E-state index in [1.165, 1.54) is 11.3 Å². The monoisotopic (exact) mass is 250 g/mol. The molecule has 0 bridgehead atoms. The van der Waals surface area contributed by atoms with Crippen LogP contribution in [0.4, 0.5) is 5.82 Å². The Bertz CT molecular complexity index is 423. The van der Waals surface area contributed by atoms with Crippen molar-refractivity contribution in [1.82, 2.24) is 10.2 Å². The fraction of sp³-hybridized carbons (Fsp3) is 0.769. The highest BCUT2D eigenvalue weighted by atomic mass is 16.5. The number of nitrogens with one attached hydrogen (secondary N) is 1. The number of aromatic amines is 1. The zero-order valence-corrected chi connectivity index (χ0v) is 11.1. The van der Waals surface area contributed by atoms with E-state index in [0.717, 1.165) is 38.2 Å². The molecule has 1 saturated heterocycles. The van der Waals surface area contributed by atoms with Crippen LogP contribution in [-0.4, -0.2) is 35.4 Å². The molecule has 2 atom stereocenters. The van der Waals surface area contributed by atoms with Crippen LogP contribution in [0.2, 0.25) is 0 Å². The SMILES string of the molecule is CC1Cc2[nH]nc(N3CCC(N)CC3)c2C(C)O1. The van der Waals surface area contributed by atoms with Crippen LogP contribution in [0.5, 0.6) is 0 Å². The lowest BCUT2D eigenvalue weighted by molar-refractivity contribution is -0.00492. The lowest BCUT2D eigenvalue weighted by atomic mass is 10.0. The third-order valence-corrected chi connectivity index (χ3v) is 4.04. The molecule has 0 aliphatic carbocycles. The number of anilines is 1. The normalized spacial score (nSPS) is 29.4. The number of piperidine rings is 1. The predicted octanol–water partition coefficient (Wildman–Crippen LogP) is 1.36. The fourth-order valence-corrected chi connectivity index (χ4v) is 3.06. The van der Waals surface area contributed by atoms with Crippen molar-refractivity contribution in [3.63, 3.8) is 0 Å². The first kappa shape index (κ1) is 12.0. The molecule has 0 spiro atoms. The van der Waals surface area contributed by atoms with Crippen molar-refractivity contribution in [2.24, 2.45) is 5.73 Å². The van der Waals surface area contributed by atoms with Gasteiger partial charge in [0.15, 0.2) is 5.82 Å². The molecule has 0 aromatic carbocycles. The Morgan fingerprint density at radius 2 is 2.06 bits per heavy atom. The summed E-state index contributed by atoms with van der Waals surface area (Å²) in [6.07, 6.45) is 3.43. The van der Waals surface area contributed by atoms with E-state index >= 15 is 0 Å². The van der Waals surface area contributed by atoms with Gasteiger partial charge in [-0.05, 0) is 26.7 Å². The van der Waals surface area contributed by atoms with Gasteiger partial charge in [-0.25, -0.2) is 0 Å². The number of ether oxygens (including phenoxy) is 1. The topological polar surface area (TPSA) is 67.2 Å². The van der Waals surface area contributed by atoms with Crippen molar-refractivity contribution in [3.05, 3.63) is 11.3 Å². The molecule has 3 rings (SSSR count). The second-order valence-corrected chi connectivity index (χ2v) is 5.56. The van der Waals surface area contributed by atoms with Crippen molar-refractivity contribution in [2.75, 3.05) is 18.0 Å². The molecule has 5 heteroatoms. The lowest BCUT2D eigenvalue weighted by Crippen LogP contribution is -2.40. The zero-order chi connectivity index (χ0) is 12.7. The fourth-order valence-electron chi connectivity index (χ4n) is 3.06. The number of hydrogen-bond donors (Lipinski definition) is 2. The molecule has 0 saturated carbocycles. The molecule has 2 aliphatic rings. The Hall–Kier alpha value is -1.07. The summed E-state index contributed by atoms with van der Waals surface area (Å²) in [5.41, 5.74) is 8.45. The summed E-state index contributed by atoms with van der Waals surface area (Å²) >= 11 is 0. The number of nitrogens with two attached hydrogens (primary N) is 1. The van der Waals surface area contributed by atoms with Gasteiger partial charge in [-0.1, -0.05) is 0 Å². The van der Waals surface area contributed by atoms with Gasteiger partial charge in [0, 0.05) is 36.8 Å². The van der Waals surface area contributed by atoms with Crippen molar-refractivity contribution >= 4 is 5.82 Å². The van der Waals surface area contributed by atoms with Gasteiger partial charge in [-0.3, -0.25) is 5.10 Å². The average molecular weight is 250 g/mol. The Morgan fingerprint density at radius 1 is 1.33 bits per heavy atom. The van der Waals surface area contributed by atoms with Gasteiger partial charge in [-0.2, -0.15) is 5.10 Å². The average Bonchev–Trinajstić information content (AvgIpc) is 2.74. The molecule has 1 aromatic rings. The minimum Gasteiger partial charge on any atom is -0.370 e. The van der Waals surface area contributed by atoms with Crippen molar-refractivity contribution in [2.45, 2.75) is 51.4 Å². The molecule has 1 aromatic heterocycles. The standard InChI is InChI=1S/C13H22N4O/c1-8-7-11-12(9(2)18-8)13(16-15-11)17-5-3-10(14)4-6-17/h8-10H,3-7,14H2,1-2H3,(H,15,16). The molecule has 2 aliphatic heterocycles. The van der Waals surface area contributed by atoms with E-state index in [4.69, 9.17) is 10.5 Å². The maximum atomic E-state index is 5.95. The summed E-state index contributed by atoms with van der Waals surface area (Å²) in [6, 6.07) is 0.352. The lowest BCUT2D eigenvalue weighted by Gasteiger charge is -2.33. The minimum atomic E-state index is 0.132. The van der Waals surface area contributed by atoms with E-state index in [1.54, 1.807) is 0 Å². The van der Waals surface area contributed by atoms with E-state index in [1.807, 2.05) is 0 Å². The first-order valence-electron chi connectivity index (χ1n) is 6.88. The number of H-pyrrole nitrogens is 1. The summed E-state index contributed by atoms with van der Waals surface area (Å²) in [6.45, 7) is 6.23. The van der Waals surface area contributed by atoms with Gasteiger partial charge in [0.05, 0.1) is 12.2 Å². The molecule has 3 heterocycles. The summed E-state index contributed by atoms with van der Waals surface area (Å²) in [4.78, 5) is 2.34. The maximum absolute atomic E-state index is 5.95. The van der Waals surface area contributed by atoms with Gasteiger partial charge in [0.1, 0.15) is 0 Å². The van der Waals surface area contributed by atoms with Crippen LogP contribution < -0.4 is 10.6 Å². The van der Waals surface area contributed by atoms with Gasteiger partial charge in [0.2, 0.25) is 0 Å². The molecule has 18 heavy (non-hydrogen) atoms. The van der Waals surface area contributed by atoms with E-state index in [-0.39, 0.29) is 12.2 Å². The first-order valence-corrected chi connectivity index (χ1v) is 6.88. The van der Waals surface area contributed by atoms with Crippen LogP contribution in [-0.2, 0) is 11.2 Å². The largest absolute Gasteiger partial charge is 0.370 e. The number of rotatable bonds is 1. The second-order valence-electron chi connectivity index (χ2n) is 5.56. The van der Waals surface area contributed by atoms with Crippen molar-refractivity contribution in [1.29, 1.82) is 0 Å². The maximum Gasteiger partial charge on any atom is 0.156 e. The van der Waals surface area contributed by atoms with Crippen LogP contribution in [0.25, 0.3) is 0 Å². The van der Waals surface area contributed by atoms with Crippen molar-refractivity contribution in [3.8, 4) is 0 Å². The van der Waals surface area contributed by atoms with Gasteiger partial charge in [0.25, 0.3) is 0 Å². The first-order chi connectivity index (χ1) is 8.65. The number of hydrogen-bond acceptors (Lipinski definition) is 4. The molecule has 100 valence electrons. The summed E-state index contributed by atoms with van der Waals surface area (Å²) < 4.78 is 5.91. The Balaban J connectivity index is 1.86. The van der Waals surface area contributed by atoms with Crippen molar-refractivity contribution < 1.29 is 4.74 Å². The summed E-state index contributed by atoms with van der Waals surface area (Å²) in [5, 5.41) is 7.70. The smallest absolute Gasteiger partial charge is 0.156 e. The number of aromatic nitrogens is 2. The Labute approximate surface area is 108 Å². The van der Waals surface area contributed by atoms with E-state index in [2.05, 4.69) is 28.9 Å². The minimum absolute atomic E-state index is 0.132. The quantitative estimate of drug-likeness (QED) is 0.789. The molecule has 1 fully saturated rings. The summed E-state index contributed by atoms with van der Waals surface area (Å²) in [5.74, 6) is 1.08. The molecular formula is C13H22N4O. The third-order valence-electron chi connectivity index (χ3n) is 4.04. The van der Waals surface area contributed by atoms with Crippen LogP contribution in [0, 0.1) is 0 Å². The molecule has 0 amide bonds. The van der Waals surface area contributed by atoms with E-state index < -0.39 is 0 Å². The van der Waals surface area contributed by atoms with E-state index in [0.29, 0.717) is 6.04 Å². The Kier molecular flexibility index (Phi) is 3.03. The van der Waals surface area contributed by atoms with Gasteiger partial charge >= 0.3 is 0 Å². The van der Waals surface area contributed by atoms with Crippen LogP contribution in [0.3, 0.4) is 0 Å². The number of fused-ring (bicyclic) bond motifs is 1. The van der Waals surface area contributed by atoms with Crippen LogP contribution in [0.1, 0.15) is 44.1 Å². The van der Waals surface area contributed by atoms with E-state index in [9.17, 15) is 0 Å². The molecule has 5 nitrogen and oxygen atoms in total. The highest BCUT2D eigenvalue weighted by molar-refractivity contribution is 5.51. The molecule has 3 N–H and O–H groups in total. The third kappa shape index (κ3) is 2.01. The van der Waals surface area contributed by atoms with Crippen LogP contribution in [0.15, 0.2) is 0 Å². The molecule has 2 unspecified atom stereocenters. The summed E-state index contributed by atoms with van der Waals surface area (Å²) in [7, 11) is 0.